The molecule has 178 valence electrons. The first-order valence-corrected chi connectivity index (χ1v) is 10.5. The number of hydrogen-bond acceptors (Lipinski definition) is 8. The molecule has 11 heteroatoms. The Morgan fingerprint density at radius 3 is 2.32 bits per heavy atom. The Morgan fingerprint density at radius 2 is 1.56 bits per heavy atom. The summed E-state index contributed by atoms with van der Waals surface area (Å²) in [5, 5.41) is 5.94. The summed E-state index contributed by atoms with van der Waals surface area (Å²) in [6.45, 7) is -0.248. The fraction of sp³-hybridized carbons (Fsp3) is 0.261. The molecule has 0 aliphatic carbocycles. The summed E-state index contributed by atoms with van der Waals surface area (Å²) in [6, 6.07) is 14.0. The molecule has 3 aromatic rings. The van der Waals surface area contributed by atoms with E-state index in [4.69, 9.17) is 14.2 Å². The molecule has 7 rings (SSSR count). The fourth-order valence-corrected chi connectivity index (χ4v) is 2.93. The number of benzene rings is 2. The van der Waals surface area contributed by atoms with Gasteiger partial charge in [0.1, 0.15) is 18.1 Å². The SMILES string of the molecule is FC(F)(F)COc1nc2nc(n1)Nc1ccc(cc1)OCC=CCCOc1ccc(cc1)CN2. The number of nitrogens with zero attached hydrogens (tertiary/aromatic N) is 3. The van der Waals surface area contributed by atoms with E-state index in [1.54, 1.807) is 24.3 Å². The van der Waals surface area contributed by atoms with E-state index in [9.17, 15) is 13.2 Å². The topological polar surface area (TPSA) is 90.4 Å². The summed E-state index contributed by atoms with van der Waals surface area (Å²) in [4.78, 5) is 12.1. The van der Waals surface area contributed by atoms with Crippen molar-refractivity contribution in [3.63, 3.8) is 0 Å². The summed E-state index contributed by atoms with van der Waals surface area (Å²) in [5.74, 6) is 1.48. The highest BCUT2D eigenvalue weighted by molar-refractivity contribution is 5.55. The normalized spacial score (nSPS) is 14.2. The molecule has 0 saturated heterocycles. The van der Waals surface area contributed by atoms with E-state index in [0.29, 0.717) is 31.2 Å². The van der Waals surface area contributed by atoms with Crippen LogP contribution in [0.25, 0.3) is 0 Å². The summed E-state index contributed by atoms with van der Waals surface area (Å²) < 4.78 is 54.0. The molecule has 4 aliphatic rings. The van der Waals surface area contributed by atoms with Crippen LogP contribution in [0.15, 0.2) is 60.7 Å². The molecule has 8 nitrogen and oxygen atoms in total. The van der Waals surface area contributed by atoms with Gasteiger partial charge in [-0.05, 0) is 48.4 Å². The molecule has 5 heterocycles. The smallest absolute Gasteiger partial charge is 0.422 e. The summed E-state index contributed by atoms with van der Waals surface area (Å²) in [5.41, 5.74) is 1.51. The molecular weight excluding hydrogens is 451 g/mol. The average molecular weight is 473 g/mol. The molecule has 2 aromatic carbocycles. The summed E-state index contributed by atoms with van der Waals surface area (Å²) >= 11 is 0. The standard InChI is InChI=1S/C23H22F3N5O3/c24-23(25,26)15-34-22-30-20-27-14-16-4-8-18(9-5-16)32-12-2-1-3-13-33-19-10-6-17(7-11-19)28-21(29-20)31-22/h1,3-11H,2,12-15H2,(H2,27,28,29,30,31). The van der Waals surface area contributed by atoms with Gasteiger partial charge in [-0.15, -0.1) is 0 Å². The molecule has 0 fully saturated rings. The maximum atomic E-state index is 12.6. The molecular formula is C23H22F3N5O3. The van der Waals surface area contributed by atoms with Crippen LogP contribution in [-0.4, -0.2) is 40.9 Å². The molecule has 4 aliphatic heterocycles. The van der Waals surface area contributed by atoms with E-state index in [0.717, 1.165) is 17.7 Å². The lowest BCUT2D eigenvalue weighted by Crippen LogP contribution is -2.21. The van der Waals surface area contributed by atoms with E-state index in [1.807, 2.05) is 36.4 Å². The van der Waals surface area contributed by atoms with E-state index in [1.165, 1.54) is 0 Å². The minimum absolute atomic E-state index is 0.0286. The molecule has 0 unspecified atom stereocenters. The lowest BCUT2D eigenvalue weighted by Gasteiger charge is -2.12. The second-order valence-corrected chi connectivity index (χ2v) is 7.24. The quantitative estimate of drug-likeness (QED) is 0.509. The number of aromatic nitrogens is 3. The highest BCUT2D eigenvalue weighted by Crippen LogP contribution is 2.22. The van der Waals surface area contributed by atoms with Crippen LogP contribution in [0.5, 0.6) is 17.5 Å². The van der Waals surface area contributed by atoms with Gasteiger partial charge in [-0.1, -0.05) is 24.3 Å². The molecule has 0 spiro atoms. The van der Waals surface area contributed by atoms with Gasteiger partial charge in [0.15, 0.2) is 6.61 Å². The van der Waals surface area contributed by atoms with Crippen LogP contribution in [0.2, 0.25) is 0 Å². The maximum Gasteiger partial charge on any atom is 0.422 e. The highest BCUT2D eigenvalue weighted by Gasteiger charge is 2.29. The van der Waals surface area contributed by atoms with Crippen molar-refractivity contribution in [2.75, 3.05) is 30.5 Å². The Labute approximate surface area is 193 Å². The molecule has 1 aromatic heterocycles. The van der Waals surface area contributed by atoms with Gasteiger partial charge in [0.2, 0.25) is 11.9 Å². The minimum atomic E-state index is -4.52. The molecule has 2 N–H and O–H groups in total. The van der Waals surface area contributed by atoms with Crippen molar-refractivity contribution in [3.8, 4) is 17.5 Å². The van der Waals surface area contributed by atoms with Crippen LogP contribution in [0.1, 0.15) is 12.0 Å². The van der Waals surface area contributed by atoms with Crippen molar-refractivity contribution in [3.05, 3.63) is 66.2 Å². The Morgan fingerprint density at radius 1 is 0.853 bits per heavy atom. The van der Waals surface area contributed by atoms with Crippen molar-refractivity contribution < 1.29 is 27.4 Å². The van der Waals surface area contributed by atoms with Crippen molar-refractivity contribution >= 4 is 17.6 Å². The van der Waals surface area contributed by atoms with Crippen LogP contribution < -0.4 is 24.8 Å². The lowest BCUT2D eigenvalue weighted by molar-refractivity contribution is -0.154. The van der Waals surface area contributed by atoms with Gasteiger partial charge in [0.05, 0.1) is 6.61 Å². The van der Waals surface area contributed by atoms with Crippen LogP contribution in [-0.2, 0) is 6.54 Å². The van der Waals surface area contributed by atoms with Gasteiger partial charge >= 0.3 is 12.2 Å². The van der Waals surface area contributed by atoms with E-state index >= 15 is 0 Å². The van der Waals surface area contributed by atoms with Gasteiger partial charge in [-0.25, -0.2) is 0 Å². The van der Waals surface area contributed by atoms with Crippen LogP contribution in [0.4, 0.5) is 30.8 Å². The van der Waals surface area contributed by atoms with Gasteiger partial charge < -0.3 is 24.8 Å². The number of halogens is 3. The highest BCUT2D eigenvalue weighted by atomic mass is 19.4. The number of anilines is 3. The molecule has 0 atom stereocenters. The van der Waals surface area contributed by atoms with Gasteiger partial charge in [-0.2, -0.15) is 28.1 Å². The Bertz CT molecular complexity index is 1110. The third-order valence-corrected chi connectivity index (χ3v) is 4.53. The first kappa shape index (κ1) is 23.1. The largest absolute Gasteiger partial charge is 0.493 e. The second-order valence-electron chi connectivity index (χ2n) is 7.24. The predicted octanol–water partition coefficient (Wildman–Crippen LogP) is 4.89. The fourth-order valence-electron chi connectivity index (χ4n) is 2.93. The van der Waals surface area contributed by atoms with Crippen LogP contribution in [0.3, 0.4) is 0 Å². The predicted molar refractivity (Wildman–Crippen MR) is 120 cm³/mol. The monoisotopic (exact) mass is 473 g/mol. The third kappa shape index (κ3) is 7.26. The molecule has 0 saturated carbocycles. The molecule has 0 amide bonds. The van der Waals surface area contributed by atoms with Crippen molar-refractivity contribution in [1.82, 2.24) is 15.0 Å². The lowest BCUT2D eigenvalue weighted by atomic mass is 10.2. The number of rotatable bonds is 2. The van der Waals surface area contributed by atoms with Crippen molar-refractivity contribution in [2.45, 2.75) is 19.1 Å². The summed E-state index contributed by atoms with van der Waals surface area (Å²) in [6.07, 6.45) is 0.131. The first-order valence-electron chi connectivity index (χ1n) is 10.5. The number of ether oxygens (including phenoxy) is 3. The van der Waals surface area contributed by atoms with E-state index < -0.39 is 18.8 Å². The number of hydrogen-bond donors (Lipinski definition) is 2. The summed E-state index contributed by atoms with van der Waals surface area (Å²) in [7, 11) is 0. The van der Waals surface area contributed by atoms with Gasteiger partial charge in [0, 0.05) is 12.2 Å². The van der Waals surface area contributed by atoms with Crippen molar-refractivity contribution in [1.29, 1.82) is 0 Å². The Kier molecular flexibility index (Phi) is 7.31. The number of nitrogens with one attached hydrogen (secondary N) is 2. The molecule has 6 bridgehead atoms. The van der Waals surface area contributed by atoms with E-state index in [2.05, 4.69) is 25.6 Å². The Balaban J connectivity index is 1.58. The Hall–Kier alpha value is -4.02. The van der Waals surface area contributed by atoms with Crippen LogP contribution >= 0.6 is 0 Å². The maximum absolute atomic E-state index is 12.6. The zero-order chi connectivity index (χ0) is 23.8. The van der Waals surface area contributed by atoms with Gasteiger partial charge in [-0.3, -0.25) is 0 Å². The third-order valence-electron chi connectivity index (χ3n) is 4.53. The molecule has 0 radical (unpaired) electrons. The first-order chi connectivity index (χ1) is 16.4. The molecule has 34 heavy (non-hydrogen) atoms. The van der Waals surface area contributed by atoms with E-state index in [-0.39, 0.29) is 11.9 Å². The number of alkyl halides is 3. The van der Waals surface area contributed by atoms with Gasteiger partial charge in [0.25, 0.3) is 0 Å². The van der Waals surface area contributed by atoms with Crippen LogP contribution in [0, 0.1) is 0 Å². The zero-order valence-electron chi connectivity index (χ0n) is 18.0. The average Bonchev–Trinajstić information content (AvgIpc) is 2.82. The second kappa shape index (κ2) is 10.7. The minimum Gasteiger partial charge on any atom is -0.493 e. The van der Waals surface area contributed by atoms with Crippen molar-refractivity contribution in [2.24, 2.45) is 0 Å². The zero-order valence-corrected chi connectivity index (χ0v) is 18.0.